The minimum atomic E-state index is -0.930. The zero-order valence-corrected chi connectivity index (χ0v) is 18.8. The van der Waals surface area contributed by atoms with Gasteiger partial charge in [-0.15, -0.1) is 11.3 Å². The Balaban J connectivity index is 1.85. The van der Waals surface area contributed by atoms with Gasteiger partial charge in [-0.2, -0.15) is 0 Å². The van der Waals surface area contributed by atoms with Gasteiger partial charge in [0.05, 0.1) is 33.1 Å². The standard InChI is InChI=1S/C22H20ClN3O3S/c1-11-6-12(2)26-15(11)7-14-18(28-5)8-13(24-14)16-9-19-17(10-20(23)30-19)25(16)21(27)29-22(26,3)4/h6-10H,1-5H3. The summed E-state index contributed by atoms with van der Waals surface area (Å²) in [7, 11) is 1.62. The minimum Gasteiger partial charge on any atom is -0.494 e. The van der Waals surface area contributed by atoms with Gasteiger partial charge in [0.25, 0.3) is 0 Å². The summed E-state index contributed by atoms with van der Waals surface area (Å²) >= 11 is 7.63. The third kappa shape index (κ3) is 2.69. The summed E-state index contributed by atoms with van der Waals surface area (Å²) in [6, 6.07) is 5.77. The van der Waals surface area contributed by atoms with Gasteiger partial charge in [0.15, 0.2) is 5.72 Å². The predicted octanol–water partition coefficient (Wildman–Crippen LogP) is 5.84. The van der Waals surface area contributed by atoms with Crippen molar-refractivity contribution in [1.82, 2.24) is 9.13 Å². The first-order valence-electron chi connectivity index (χ1n) is 9.50. The highest BCUT2D eigenvalue weighted by Crippen LogP contribution is 2.37. The number of thiophene rings is 1. The SMILES string of the molecule is COC1=CC2=NC1=Cc1c(C)cc(C)n1C(C)(C)OC(=O)n1c2cc2sc(Cl)cc21. The number of aromatic nitrogens is 2. The third-order valence-corrected chi connectivity index (χ3v) is 6.66. The van der Waals surface area contributed by atoms with Gasteiger partial charge in [0.1, 0.15) is 11.5 Å². The highest BCUT2D eigenvalue weighted by molar-refractivity contribution is 7.22. The van der Waals surface area contributed by atoms with Crippen LogP contribution in [0.3, 0.4) is 0 Å². The van der Waals surface area contributed by atoms with Crippen molar-refractivity contribution in [3.63, 3.8) is 0 Å². The average Bonchev–Trinajstić information content (AvgIpc) is 3.35. The summed E-state index contributed by atoms with van der Waals surface area (Å²) in [5.74, 6) is 0.649. The molecule has 0 unspecified atom stereocenters. The smallest absolute Gasteiger partial charge is 0.421 e. The van der Waals surface area contributed by atoms with Crippen molar-refractivity contribution in [2.24, 2.45) is 4.99 Å². The number of rotatable bonds is 1. The number of cyclic esters (lactones) is 1. The number of aliphatic imine (C=N–C) groups is 1. The lowest BCUT2D eigenvalue weighted by Crippen LogP contribution is -2.36. The molecule has 0 atom stereocenters. The number of hydrogen-bond donors (Lipinski definition) is 0. The summed E-state index contributed by atoms with van der Waals surface area (Å²) in [6.45, 7) is 7.80. The van der Waals surface area contributed by atoms with Crippen LogP contribution in [0.25, 0.3) is 16.3 Å². The fourth-order valence-corrected chi connectivity index (χ4v) is 5.47. The molecule has 0 radical (unpaired) electrons. The maximum absolute atomic E-state index is 13.5. The molecule has 0 N–H and O–H groups in total. The van der Waals surface area contributed by atoms with Crippen LogP contribution in [0, 0.1) is 13.8 Å². The largest absolute Gasteiger partial charge is 0.494 e. The summed E-state index contributed by atoms with van der Waals surface area (Å²) in [6.07, 6.45) is 3.35. The maximum Gasteiger partial charge on any atom is 0.421 e. The lowest BCUT2D eigenvalue weighted by Gasteiger charge is -2.30. The van der Waals surface area contributed by atoms with Crippen molar-refractivity contribution in [1.29, 1.82) is 0 Å². The van der Waals surface area contributed by atoms with Crippen molar-refractivity contribution in [2.45, 2.75) is 33.4 Å². The van der Waals surface area contributed by atoms with Gasteiger partial charge in [-0.25, -0.2) is 14.4 Å². The molecule has 0 spiro atoms. The molecule has 2 aliphatic rings. The number of aryl methyl sites for hydroxylation is 2. The van der Waals surface area contributed by atoms with Crippen LogP contribution in [-0.2, 0) is 15.2 Å². The van der Waals surface area contributed by atoms with Gasteiger partial charge in [0.2, 0.25) is 0 Å². The van der Waals surface area contributed by atoms with Crippen molar-refractivity contribution < 1.29 is 14.3 Å². The third-order valence-electron chi connectivity index (χ3n) is 5.46. The van der Waals surface area contributed by atoms with Crippen LogP contribution < -0.4 is 0 Å². The molecule has 2 aliphatic heterocycles. The van der Waals surface area contributed by atoms with E-state index < -0.39 is 11.8 Å². The first kappa shape index (κ1) is 19.2. The second kappa shape index (κ2) is 6.36. The van der Waals surface area contributed by atoms with Gasteiger partial charge in [0, 0.05) is 17.5 Å². The Bertz CT molecular complexity index is 1330. The van der Waals surface area contributed by atoms with Crippen LogP contribution in [-0.4, -0.2) is 28.0 Å². The Morgan fingerprint density at radius 2 is 1.97 bits per heavy atom. The van der Waals surface area contributed by atoms with Gasteiger partial charge < -0.3 is 14.0 Å². The first-order chi connectivity index (χ1) is 14.2. The second-order valence-electron chi connectivity index (χ2n) is 7.91. The Labute approximate surface area is 182 Å². The molecular formula is C22H20ClN3O3S. The molecule has 0 fully saturated rings. The topological polar surface area (TPSA) is 57.8 Å². The van der Waals surface area contributed by atoms with Gasteiger partial charge in [-0.3, -0.25) is 0 Å². The van der Waals surface area contributed by atoms with Gasteiger partial charge >= 0.3 is 6.09 Å². The molecule has 0 saturated heterocycles. The van der Waals surface area contributed by atoms with E-state index >= 15 is 0 Å². The summed E-state index contributed by atoms with van der Waals surface area (Å²) in [5.41, 5.74) is 4.73. The number of hydrogen-bond acceptors (Lipinski definition) is 5. The number of carbonyl (C=O) groups excluding carboxylic acids is 1. The van der Waals surface area contributed by atoms with E-state index in [1.807, 2.05) is 50.5 Å². The van der Waals surface area contributed by atoms with E-state index in [1.165, 1.54) is 11.3 Å². The van der Waals surface area contributed by atoms with E-state index in [0.29, 0.717) is 32.7 Å². The highest BCUT2D eigenvalue weighted by atomic mass is 35.5. The summed E-state index contributed by atoms with van der Waals surface area (Å²) < 4.78 is 16.7. The lowest BCUT2D eigenvalue weighted by molar-refractivity contribution is -0.0208. The van der Waals surface area contributed by atoms with Gasteiger partial charge in [-0.05, 0) is 57.5 Å². The molecule has 154 valence electrons. The molecular weight excluding hydrogens is 422 g/mol. The summed E-state index contributed by atoms with van der Waals surface area (Å²) in [4.78, 5) is 18.3. The number of ether oxygens (including phenoxy) is 2. The number of fused-ring (bicyclic) bond motifs is 6. The molecule has 5 rings (SSSR count). The van der Waals surface area contributed by atoms with Crippen LogP contribution in [0.1, 0.15) is 36.5 Å². The molecule has 30 heavy (non-hydrogen) atoms. The van der Waals surface area contributed by atoms with E-state index in [4.69, 9.17) is 26.1 Å². The monoisotopic (exact) mass is 441 g/mol. The Kier molecular flexibility index (Phi) is 4.07. The number of halogens is 1. The zero-order valence-electron chi connectivity index (χ0n) is 17.2. The van der Waals surface area contributed by atoms with E-state index in [2.05, 4.69) is 6.07 Å². The average molecular weight is 442 g/mol. The highest BCUT2D eigenvalue weighted by Gasteiger charge is 2.34. The summed E-state index contributed by atoms with van der Waals surface area (Å²) in [5, 5.41) is 0. The fourth-order valence-electron chi connectivity index (χ4n) is 4.31. The minimum absolute atomic E-state index is 0.485. The quantitative estimate of drug-likeness (QED) is 0.476. The van der Waals surface area contributed by atoms with E-state index in [1.54, 1.807) is 17.7 Å². The van der Waals surface area contributed by atoms with Gasteiger partial charge in [-0.1, -0.05) is 11.6 Å². The Morgan fingerprint density at radius 3 is 2.70 bits per heavy atom. The predicted molar refractivity (Wildman–Crippen MR) is 120 cm³/mol. The van der Waals surface area contributed by atoms with Crippen molar-refractivity contribution in [2.75, 3.05) is 7.11 Å². The first-order valence-corrected chi connectivity index (χ1v) is 10.7. The van der Waals surface area contributed by atoms with E-state index in [-0.39, 0.29) is 0 Å². The normalized spacial score (nSPS) is 17.5. The number of carbonyl (C=O) groups is 1. The van der Waals surface area contributed by atoms with Crippen molar-refractivity contribution in [3.05, 3.63) is 62.7 Å². The molecule has 3 aromatic rings. The molecule has 8 heteroatoms. The van der Waals surface area contributed by atoms with Crippen LogP contribution in [0.5, 0.6) is 0 Å². The maximum atomic E-state index is 13.5. The van der Waals surface area contributed by atoms with Crippen LogP contribution >= 0.6 is 22.9 Å². The molecule has 5 heterocycles. The van der Waals surface area contributed by atoms with Crippen LogP contribution in [0.4, 0.5) is 4.79 Å². The van der Waals surface area contributed by atoms with Crippen molar-refractivity contribution >= 4 is 51.0 Å². The molecule has 2 bridgehead atoms. The zero-order chi connectivity index (χ0) is 21.4. The molecule has 0 aliphatic carbocycles. The second-order valence-corrected chi connectivity index (χ2v) is 9.62. The molecule has 0 aromatic carbocycles. The number of nitrogens with zero attached hydrogens (tertiary/aromatic N) is 3. The number of methoxy groups -OCH3 is 1. The molecule has 0 saturated carbocycles. The van der Waals surface area contributed by atoms with E-state index in [9.17, 15) is 4.79 Å². The Hall–Kier alpha value is -2.77. The molecule has 0 amide bonds. The molecule has 6 nitrogen and oxygen atoms in total. The van der Waals surface area contributed by atoms with Crippen molar-refractivity contribution in [3.8, 4) is 0 Å². The van der Waals surface area contributed by atoms with E-state index in [0.717, 1.165) is 21.7 Å². The molecule has 3 aromatic heterocycles. The van der Waals surface area contributed by atoms with Crippen LogP contribution in [0.15, 0.2) is 40.7 Å². The number of allylic oxidation sites excluding steroid dienone is 1. The Morgan fingerprint density at radius 1 is 1.20 bits per heavy atom. The lowest BCUT2D eigenvalue weighted by atomic mass is 10.2. The fraction of sp³-hybridized carbons (Fsp3) is 0.273. The van der Waals surface area contributed by atoms with Crippen LogP contribution in [0.2, 0.25) is 4.34 Å².